The lowest BCUT2D eigenvalue weighted by atomic mass is 10.1. The van der Waals surface area contributed by atoms with E-state index in [1.807, 2.05) is 0 Å². The number of benzene rings is 1. The number of imidazole rings is 1. The van der Waals surface area contributed by atoms with Gasteiger partial charge in [0.05, 0.1) is 17.6 Å². The second-order valence-electron chi connectivity index (χ2n) is 8.14. The summed E-state index contributed by atoms with van der Waals surface area (Å²) in [5.41, 5.74) is -1.07. The van der Waals surface area contributed by atoms with Crippen LogP contribution in [0.5, 0.6) is 5.75 Å². The summed E-state index contributed by atoms with van der Waals surface area (Å²) in [5, 5.41) is 0. The quantitative estimate of drug-likeness (QED) is 0.501. The van der Waals surface area contributed by atoms with Crippen molar-refractivity contribution in [2.24, 2.45) is 0 Å². The number of amides is 1. The number of aromatic nitrogens is 3. The Morgan fingerprint density at radius 3 is 2.40 bits per heavy atom. The van der Waals surface area contributed by atoms with Crippen LogP contribution in [0.25, 0.3) is 5.69 Å². The first kappa shape index (κ1) is 24.4. The van der Waals surface area contributed by atoms with Gasteiger partial charge in [-0.2, -0.15) is 13.2 Å². The van der Waals surface area contributed by atoms with Gasteiger partial charge in [-0.15, -0.1) is 13.2 Å². The summed E-state index contributed by atoms with van der Waals surface area (Å²) in [7, 11) is 0. The number of nitrogens with zero attached hydrogens (tertiary/aromatic N) is 4. The van der Waals surface area contributed by atoms with Crippen LogP contribution in [0.1, 0.15) is 34.2 Å². The van der Waals surface area contributed by atoms with E-state index in [0.29, 0.717) is 11.8 Å². The molecule has 0 radical (unpaired) electrons. The van der Waals surface area contributed by atoms with Gasteiger partial charge in [0.1, 0.15) is 17.1 Å². The molecular weight excluding hydrogens is 482 g/mol. The van der Waals surface area contributed by atoms with E-state index in [1.165, 1.54) is 32.5 Å². The molecule has 7 nitrogen and oxygen atoms in total. The molecule has 4 rings (SSSR count). The average molecular weight is 500 g/mol. The number of alkyl halides is 6. The number of carbonyl (C=O) groups excluding carboxylic acids is 1. The lowest BCUT2D eigenvalue weighted by Gasteiger charge is -2.35. The molecule has 1 aliphatic heterocycles. The predicted octanol–water partition coefficient (Wildman–Crippen LogP) is 4.30. The van der Waals surface area contributed by atoms with Gasteiger partial charge < -0.3 is 18.8 Å². The summed E-state index contributed by atoms with van der Waals surface area (Å²) in [5.74, 6) is -1.69. The highest BCUT2D eigenvalue weighted by Crippen LogP contribution is 2.35. The van der Waals surface area contributed by atoms with Crippen molar-refractivity contribution in [1.82, 2.24) is 19.0 Å². The van der Waals surface area contributed by atoms with E-state index in [1.54, 1.807) is 20.0 Å². The molecule has 3 heterocycles. The first-order valence-electron chi connectivity index (χ1n) is 10.3. The summed E-state index contributed by atoms with van der Waals surface area (Å²) in [6, 6.07) is 3.91. The Morgan fingerprint density at radius 2 is 1.80 bits per heavy atom. The van der Waals surface area contributed by atoms with E-state index in [-0.39, 0.29) is 29.6 Å². The van der Waals surface area contributed by atoms with Crippen molar-refractivity contribution in [3.8, 4) is 11.4 Å². The standard InChI is InChI=1S/C22H18F6N4O3/c1-12-8-30(11-29-12)17-3-4-18-20(34)31(13(2)9-32(18)19(17)33)10-14-5-15(21(23,24)25)7-16(6-14)35-22(26,27)28/h3-8,11,13H,9-10H2,1-2H3/t13-/m1/s1. The zero-order chi connectivity index (χ0) is 25.7. The van der Waals surface area contributed by atoms with Crippen LogP contribution in [0.4, 0.5) is 26.3 Å². The van der Waals surface area contributed by atoms with Gasteiger partial charge in [0, 0.05) is 25.3 Å². The van der Waals surface area contributed by atoms with E-state index < -0.39 is 47.9 Å². The molecule has 0 aliphatic carbocycles. The summed E-state index contributed by atoms with van der Waals surface area (Å²) < 4.78 is 84.2. The minimum Gasteiger partial charge on any atom is -0.406 e. The maximum Gasteiger partial charge on any atom is 0.573 e. The van der Waals surface area contributed by atoms with Crippen LogP contribution < -0.4 is 10.3 Å². The van der Waals surface area contributed by atoms with Gasteiger partial charge in [-0.3, -0.25) is 9.59 Å². The van der Waals surface area contributed by atoms with Crippen molar-refractivity contribution in [2.45, 2.75) is 45.5 Å². The van der Waals surface area contributed by atoms with Gasteiger partial charge in [0.25, 0.3) is 11.5 Å². The van der Waals surface area contributed by atoms with Gasteiger partial charge >= 0.3 is 12.5 Å². The first-order valence-corrected chi connectivity index (χ1v) is 10.3. The lowest BCUT2D eigenvalue weighted by molar-refractivity contribution is -0.274. The molecule has 0 bridgehead atoms. The fourth-order valence-corrected chi connectivity index (χ4v) is 3.93. The molecule has 0 unspecified atom stereocenters. The molecule has 0 N–H and O–H groups in total. The smallest absolute Gasteiger partial charge is 0.406 e. The van der Waals surface area contributed by atoms with Crippen molar-refractivity contribution < 1.29 is 35.9 Å². The van der Waals surface area contributed by atoms with E-state index >= 15 is 0 Å². The number of hydrogen-bond acceptors (Lipinski definition) is 4. The fraction of sp³-hybridized carbons (Fsp3) is 0.318. The topological polar surface area (TPSA) is 69.4 Å². The molecule has 2 aromatic heterocycles. The molecular formula is C22H18F6N4O3. The largest absolute Gasteiger partial charge is 0.573 e. The van der Waals surface area contributed by atoms with Crippen molar-refractivity contribution in [3.63, 3.8) is 0 Å². The minimum atomic E-state index is -5.19. The van der Waals surface area contributed by atoms with Crippen molar-refractivity contribution in [2.75, 3.05) is 0 Å². The lowest BCUT2D eigenvalue weighted by Crippen LogP contribution is -2.49. The van der Waals surface area contributed by atoms with Crippen molar-refractivity contribution >= 4 is 5.91 Å². The number of pyridine rings is 1. The van der Waals surface area contributed by atoms with Crippen LogP contribution in [-0.2, 0) is 19.3 Å². The molecule has 1 atom stereocenters. The zero-order valence-corrected chi connectivity index (χ0v) is 18.3. The van der Waals surface area contributed by atoms with E-state index in [2.05, 4.69) is 9.72 Å². The Morgan fingerprint density at radius 1 is 1.09 bits per heavy atom. The maximum absolute atomic E-state index is 13.3. The van der Waals surface area contributed by atoms with Crippen LogP contribution in [0.3, 0.4) is 0 Å². The van der Waals surface area contributed by atoms with E-state index in [0.717, 1.165) is 6.07 Å². The summed E-state index contributed by atoms with van der Waals surface area (Å²) in [6.07, 6.45) is -7.04. The normalized spacial score (nSPS) is 16.4. The average Bonchev–Trinajstić information content (AvgIpc) is 3.16. The van der Waals surface area contributed by atoms with E-state index in [4.69, 9.17) is 0 Å². The highest BCUT2D eigenvalue weighted by Gasteiger charge is 2.36. The van der Waals surface area contributed by atoms with Crippen LogP contribution in [-0.4, -0.2) is 37.3 Å². The monoisotopic (exact) mass is 500 g/mol. The molecule has 1 amide bonds. The second kappa shape index (κ2) is 8.47. The van der Waals surface area contributed by atoms with Crippen LogP contribution in [0, 0.1) is 6.92 Å². The summed E-state index contributed by atoms with van der Waals surface area (Å²) in [6.45, 7) is 2.94. The van der Waals surface area contributed by atoms with Gasteiger partial charge in [0.2, 0.25) is 0 Å². The van der Waals surface area contributed by atoms with Crippen molar-refractivity contribution in [1.29, 1.82) is 0 Å². The molecule has 3 aromatic rings. The zero-order valence-electron chi connectivity index (χ0n) is 18.3. The summed E-state index contributed by atoms with van der Waals surface area (Å²) in [4.78, 5) is 31.4. The third-order valence-corrected chi connectivity index (χ3v) is 5.48. The molecule has 13 heteroatoms. The van der Waals surface area contributed by atoms with Gasteiger partial charge in [-0.1, -0.05) is 0 Å². The Hall–Kier alpha value is -3.77. The van der Waals surface area contributed by atoms with E-state index in [9.17, 15) is 35.9 Å². The van der Waals surface area contributed by atoms with Gasteiger partial charge in [-0.05, 0) is 49.7 Å². The number of halogens is 6. The van der Waals surface area contributed by atoms with Crippen LogP contribution in [0.15, 0.2) is 47.7 Å². The number of ether oxygens (including phenoxy) is 1. The third-order valence-electron chi connectivity index (χ3n) is 5.48. The van der Waals surface area contributed by atoms with Gasteiger partial charge in [0.15, 0.2) is 0 Å². The molecule has 35 heavy (non-hydrogen) atoms. The maximum atomic E-state index is 13.3. The summed E-state index contributed by atoms with van der Waals surface area (Å²) >= 11 is 0. The molecule has 0 fully saturated rings. The Labute approximate surface area is 194 Å². The SMILES string of the molecule is Cc1cn(-c2ccc3n(c2=O)C[C@@H](C)N(Cc2cc(OC(F)(F)F)cc(C(F)(F)F)c2)C3=O)cn1. The molecule has 1 aliphatic rings. The Balaban J connectivity index is 1.68. The predicted molar refractivity (Wildman–Crippen MR) is 110 cm³/mol. The number of aryl methyl sites for hydroxylation is 1. The van der Waals surface area contributed by atoms with Gasteiger partial charge in [-0.25, -0.2) is 4.98 Å². The van der Waals surface area contributed by atoms with Crippen LogP contribution in [0.2, 0.25) is 0 Å². The number of hydrogen-bond donors (Lipinski definition) is 0. The number of rotatable bonds is 4. The highest BCUT2D eigenvalue weighted by atomic mass is 19.4. The Bertz CT molecular complexity index is 1340. The molecule has 0 saturated carbocycles. The highest BCUT2D eigenvalue weighted by molar-refractivity contribution is 5.93. The number of fused-ring (bicyclic) bond motifs is 1. The molecule has 1 aromatic carbocycles. The fourth-order valence-electron chi connectivity index (χ4n) is 3.93. The molecule has 0 saturated heterocycles. The van der Waals surface area contributed by atoms with Crippen LogP contribution >= 0.6 is 0 Å². The van der Waals surface area contributed by atoms with Crippen molar-refractivity contribution in [3.05, 3.63) is 75.7 Å². The second-order valence-corrected chi connectivity index (χ2v) is 8.14. The number of carbonyl (C=O) groups is 1. The minimum absolute atomic E-state index is 0.00688. The first-order chi connectivity index (χ1) is 16.2. The molecule has 0 spiro atoms. The third kappa shape index (κ3) is 5.03. The Kier molecular flexibility index (Phi) is 5.89. The molecule has 186 valence electrons.